The SMILES string of the molecule is COCCc1noc(CN/C(C)=C2\C(=O)C=C3Oc4c(C(C)=O)c(O)c(C)c(O)c4[C@@]3(C)C2=O)n1. The lowest BCUT2D eigenvalue weighted by molar-refractivity contribution is -0.123. The lowest BCUT2D eigenvalue weighted by atomic mass is 9.70. The monoisotopic (exact) mass is 483 g/mol. The average Bonchev–Trinajstić information content (AvgIpc) is 3.37. The normalized spacial score (nSPS) is 20.2. The summed E-state index contributed by atoms with van der Waals surface area (Å²) in [5.74, 6) is -1.98. The van der Waals surface area contributed by atoms with E-state index in [1.54, 1.807) is 14.0 Å². The highest BCUT2D eigenvalue weighted by Gasteiger charge is 2.56. The van der Waals surface area contributed by atoms with Gasteiger partial charge in [-0.25, -0.2) is 0 Å². The highest BCUT2D eigenvalue weighted by molar-refractivity contribution is 6.31. The first-order valence-electron chi connectivity index (χ1n) is 10.9. The van der Waals surface area contributed by atoms with E-state index < -0.39 is 28.5 Å². The van der Waals surface area contributed by atoms with Gasteiger partial charge in [-0.1, -0.05) is 5.16 Å². The number of ketones is 3. The second-order valence-corrected chi connectivity index (χ2v) is 8.59. The number of benzene rings is 1. The van der Waals surface area contributed by atoms with E-state index in [0.29, 0.717) is 18.9 Å². The van der Waals surface area contributed by atoms with Gasteiger partial charge in [0.25, 0.3) is 0 Å². The van der Waals surface area contributed by atoms with Gasteiger partial charge in [0.15, 0.2) is 23.2 Å². The molecule has 11 nitrogen and oxygen atoms in total. The molecule has 3 N–H and O–H groups in total. The number of nitrogens with one attached hydrogen (secondary N) is 1. The first-order chi connectivity index (χ1) is 16.5. The van der Waals surface area contributed by atoms with Gasteiger partial charge in [-0.3, -0.25) is 14.4 Å². The largest absolute Gasteiger partial charge is 0.507 e. The average molecular weight is 483 g/mol. The molecule has 35 heavy (non-hydrogen) atoms. The zero-order valence-electron chi connectivity index (χ0n) is 19.9. The summed E-state index contributed by atoms with van der Waals surface area (Å²) in [4.78, 5) is 43.2. The van der Waals surface area contributed by atoms with Gasteiger partial charge in [0.05, 0.1) is 24.3 Å². The minimum absolute atomic E-state index is 0.0264. The van der Waals surface area contributed by atoms with Gasteiger partial charge in [-0.2, -0.15) is 4.98 Å². The number of aromatic hydroxyl groups is 2. The van der Waals surface area contributed by atoms with E-state index in [4.69, 9.17) is 14.0 Å². The van der Waals surface area contributed by atoms with Crippen LogP contribution in [0.1, 0.15) is 54.0 Å². The van der Waals surface area contributed by atoms with Crippen LogP contribution in [0.5, 0.6) is 17.2 Å². The molecule has 0 spiro atoms. The summed E-state index contributed by atoms with van der Waals surface area (Å²) in [6, 6.07) is 0. The van der Waals surface area contributed by atoms with Crippen LogP contribution < -0.4 is 10.1 Å². The zero-order valence-corrected chi connectivity index (χ0v) is 19.9. The molecule has 4 rings (SSSR count). The zero-order chi connectivity index (χ0) is 25.7. The lowest BCUT2D eigenvalue weighted by Crippen LogP contribution is -2.41. The van der Waals surface area contributed by atoms with Crippen molar-refractivity contribution < 1.29 is 38.6 Å². The van der Waals surface area contributed by atoms with Crippen LogP contribution >= 0.6 is 0 Å². The van der Waals surface area contributed by atoms with Crippen molar-refractivity contribution >= 4 is 17.3 Å². The Morgan fingerprint density at radius 3 is 2.60 bits per heavy atom. The predicted octanol–water partition coefficient (Wildman–Crippen LogP) is 1.93. The first-order valence-corrected chi connectivity index (χ1v) is 10.9. The summed E-state index contributed by atoms with van der Waals surface area (Å²) in [6.45, 7) is 6.24. The fourth-order valence-electron chi connectivity index (χ4n) is 4.32. The van der Waals surface area contributed by atoms with E-state index in [0.717, 1.165) is 6.08 Å². The van der Waals surface area contributed by atoms with Gasteiger partial charge in [-0.05, 0) is 27.7 Å². The molecule has 184 valence electrons. The number of hydrogen-bond acceptors (Lipinski definition) is 11. The maximum atomic E-state index is 13.7. The Kier molecular flexibility index (Phi) is 5.97. The third-order valence-corrected chi connectivity index (χ3v) is 6.30. The molecule has 11 heteroatoms. The van der Waals surface area contributed by atoms with Gasteiger partial charge in [0.1, 0.15) is 34.0 Å². The van der Waals surface area contributed by atoms with E-state index >= 15 is 0 Å². The molecule has 1 aromatic heterocycles. The van der Waals surface area contributed by atoms with Crippen LogP contribution in [0.2, 0.25) is 0 Å². The quantitative estimate of drug-likeness (QED) is 0.300. The van der Waals surface area contributed by atoms with Crippen LogP contribution in [0.3, 0.4) is 0 Å². The van der Waals surface area contributed by atoms with Crippen molar-refractivity contribution in [3.05, 3.63) is 51.5 Å². The summed E-state index contributed by atoms with van der Waals surface area (Å²) in [5, 5.41) is 28.1. The molecule has 0 bridgehead atoms. The number of phenolic OH excluding ortho intramolecular Hbond substituents is 2. The number of Topliss-reactive ketones (excluding diaryl/α,β-unsaturated/α-hetero) is 2. The van der Waals surface area contributed by atoms with Crippen LogP contribution in [0, 0.1) is 6.92 Å². The minimum Gasteiger partial charge on any atom is -0.507 e. The Bertz CT molecular complexity index is 1340. The van der Waals surface area contributed by atoms with Crippen molar-refractivity contribution in [2.45, 2.75) is 46.1 Å². The number of fused-ring (bicyclic) bond motifs is 3. The molecular weight excluding hydrogens is 458 g/mol. The molecule has 1 aliphatic heterocycles. The van der Waals surface area contributed by atoms with E-state index in [9.17, 15) is 24.6 Å². The van der Waals surface area contributed by atoms with Crippen molar-refractivity contribution in [2.75, 3.05) is 13.7 Å². The molecule has 0 saturated carbocycles. The summed E-state index contributed by atoms with van der Waals surface area (Å²) in [6.07, 6.45) is 1.64. The second kappa shape index (κ2) is 8.66. The number of allylic oxidation sites excluding steroid dienone is 4. The van der Waals surface area contributed by atoms with Crippen LogP contribution in [0.25, 0.3) is 0 Å². The molecule has 0 fully saturated rings. The molecule has 0 radical (unpaired) electrons. The topological polar surface area (TPSA) is 161 Å². The number of methoxy groups -OCH3 is 1. The Hall–Kier alpha value is -3.99. The summed E-state index contributed by atoms with van der Waals surface area (Å²) in [5.41, 5.74) is -1.54. The van der Waals surface area contributed by atoms with E-state index in [-0.39, 0.29) is 57.7 Å². The molecular formula is C24H25N3O8. The standard InChI is InChI=1S/C24H25N3O8/c1-10-20(30)18(12(3)28)22-19(21(10)31)24(4)14(34-22)8-13(29)17(23(24)32)11(2)25-9-16-26-15(27-35-16)6-7-33-5/h8,25,30-31H,6-7,9H2,1-5H3/b17-11+/t24-/m0/s1. The van der Waals surface area contributed by atoms with Crippen molar-refractivity contribution in [1.29, 1.82) is 0 Å². The molecule has 2 aromatic rings. The summed E-state index contributed by atoms with van der Waals surface area (Å²) < 4.78 is 15.9. The smallest absolute Gasteiger partial charge is 0.245 e. The maximum Gasteiger partial charge on any atom is 0.245 e. The molecule has 1 aromatic carbocycles. The molecule has 1 atom stereocenters. The highest BCUT2D eigenvalue weighted by atomic mass is 16.5. The number of ether oxygens (including phenoxy) is 2. The molecule has 0 saturated heterocycles. The first kappa shape index (κ1) is 24.1. The van der Waals surface area contributed by atoms with Gasteiger partial charge >= 0.3 is 0 Å². The Morgan fingerprint density at radius 1 is 1.23 bits per heavy atom. The predicted molar refractivity (Wildman–Crippen MR) is 120 cm³/mol. The number of rotatable bonds is 7. The summed E-state index contributed by atoms with van der Waals surface area (Å²) >= 11 is 0. The molecule has 1 aliphatic carbocycles. The maximum absolute atomic E-state index is 13.7. The van der Waals surface area contributed by atoms with E-state index in [1.165, 1.54) is 20.8 Å². The minimum atomic E-state index is -1.58. The fourth-order valence-corrected chi connectivity index (χ4v) is 4.32. The van der Waals surface area contributed by atoms with Crippen LogP contribution in [0.4, 0.5) is 0 Å². The lowest BCUT2D eigenvalue weighted by Gasteiger charge is -2.29. The highest BCUT2D eigenvalue weighted by Crippen LogP contribution is 2.57. The van der Waals surface area contributed by atoms with Gasteiger partial charge < -0.3 is 29.5 Å². The van der Waals surface area contributed by atoms with Crippen LogP contribution in [-0.2, 0) is 32.7 Å². The van der Waals surface area contributed by atoms with Crippen molar-refractivity contribution in [1.82, 2.24) is 15.5 Å². The van der Waals surface area contributed by atoms with Crippen LogP contribution in [0.15, 0.2) is 27.6 Å². The van der Waals surface area contributed by atoms with E-state index in [2.05, 4.69) is 15.5 Å². The Labute approximate surface area is 200 Å². The van der Waals surface area contributed by atoms with E-state index in [1.807, 2.05) is 0 Å². The third-order valence-electron chi connectivity index (χ3n) is 6.30. The van der Waals surface area contributed by atoms with Crippen molar-refractivity contribution in [3.63, 3.8) is 0 Å². The Morgan fingerprint density at radius 2 is 1.94 bits per heavy atom. The fraction of sp³-hybridized carbons (Fsp3) is 0.375. The third kappa shape index (κ3) is 3.68. The molecule has 2 heterocycles. The van der Waals surface area contributed by atoms with Crippen molar-refractivity contribution in [2.24, 2.45) is 0 Å². The number of carbonyl (C=O) groups is 3. The number of carbonyl (C=O) groups excluding carboxylic acids is 3. The number of hydrogen-bond donors (Lipinski definition) is 3. The van der Waals surface area contributed by atoms with Gasteiger partial charge in [0.2, 0.25) is 5.89 Å². The van der Waals surface area contributed by atoms with Gasteiger partial charge in [0, 0.05) is 30.9 Å². The van der Waals surface area contributed by atoms with Crippen molar-refractivity contribution in [3.8, 4) is 17.2 Å². The molecule has 0 amide bonds. The van der Waals surface area contributed by atoms with Crippen LogP contribution in [-0.4, -0.2) is 51.4 Å². The number of nitrogens with zero attached hydrogens (tertiary/aromatic N) is 2. The Balaban J connectivity index is 1.72. The molecule has 0 unspecified atom stereocenters. The number of aromatic nitrogens is 2. The second-order valence-electron chi connectivity index (χ2n) is 8.59. The van der Waals surface area contributed by atoms with Gasteiger partial charge in [-0.15, -0.1) is 0 Å². The number of phenols is 2. The summed E-state index contributed by atoms with van der Waals surface area (Å²) in [7, 11) is 1.56. The molecule has 2 aliphatic rings.